The third-order valence-corrected chi connectivity index (χ3v) is 4.27. The molecule has 1 amide bonds. The maximum atomic E-state index is 12.4. The predicted octanol–water partition coefficient (Wildman–Crippen LogP) is 3.17. The number of hydrogen-bond donors (Lipinski definition) is 1. The molecule has 0 aliphatic carbocycles. The van der Waals surface area contributed by atoms with Gasteiger partial charge >= 0.3 is 0 Å². The Morgan fingerprint density at radius 1 is 1.04 bits per heavy atom. The summed E-state index contributed by atoms with van der Waals surface area (Å²) < 4.78 is 12.3. The Bertz CT molecular complexity index is 920. The molecule has 1 N–H and O–H groups in total. The van der Waals surface area contributed by atoms with Gasteiger partial charge in [-0.05, 0) is 49.2 Å². The molecule has 0 atom stereocenters. The minimum atomic E-state index is -0.187. The van der Waals surface area contributed by atoms with E-state index in [4.69, 9.17) is 9.47 Å². The van der Waals surface area contributed by atoms with E-state index in [1.807, 2.05) is 55.5 Å². The fourth-order valence-electron chi connectivity index (χ4n) is 2.86. The molecule has 6 nitrogen and oxygen atoms in total. The Morgan fingerprint density at radius 3 is 2.48 bits per heavy atom. The van der Waals surface area contributed by atoms with Crippen molar-refractivity contribution in [2.75, 3.05) is 20.8 Å². The maximum absolute atomic E-state index is 12.4. The second kappa shape index (κ2) is 8.40. The van der Waals surface area contributed by atoms with Gasteiger partial charge in [-0.3, -0.25) is 4.79 Å². The van der Waals surface area contributed by atoms with Gasteiger partial charge in [0, 0.05) is 12.2 Å². The van der Waals surface area contributed by atoms with E-state index in [9.17, 15) is 4.79 Å². The van der Waals surface area contributed by atoms with E-state index in [-0.39, 0.29) is 5.91 Å². The quantitative estimate of drug-likeness (QED) is 0.698. The second-order valence-corrected chi connectivity index (χ2v) is 6.11. The fraction of sp³-hybridized carbons (Fsp3) is 0.238. The molecular weight excluding hydrogens is 342 g/mol. The van der Waals surface area contributed by atoms with Crippen LogP contribution in [0.5, 0.6) is 11.5 Å². The first kappa shape index (κ1) is 18.5. The normalized spacial score (nSPS) is 10.5. The van der Waals surface area contributed by atoms with Crippen LogP contribution >= 0.6 is 0 Å². The number of para-hydroxylation sites is 1. The van der Waals surface area contributed by atoms with Gasteiger partial charge in [-0.2, -0.15) is 5.10 Å². The Balaban J connectivity index is 1.62. The SMILES string of the molecule is COc1ccc(CCNC(=O)c2cc(C)n(-c3ccccc3)n2)cc1OC. The van der Waals surface area contributed by atoms with Crippen LogP contribution in [0.4, 0.5) is 0 Å². The van der Waals surface area contributed by atoms with Crippen molar-refractivity contribution in [3.63, 3.8) is 0 Å². The molecule has 3 rings (SSSR count). The van der Waals surface area contributed by atoms with Crippen LogP contribution < -0.4 is 14.8 Å². The van der Waals surface area contributed by atoms with Crippen molar-refractivity contribution in [3.05, 3.63) is 71.5 Å². The van der Waals surface area contributed by atoms with Crippen LogP contribution in [0.3, 0.4) is 0 Å². The average molecular weight is 365 g/mol. The smallest absolute Gasteiger partial charge is 0.271 e. The number of nitrogens with one attached hydrogen (secondary N) is 1. The van der Waals surface area contributed by atoms with Crippen LogP contribution in [-0.4, -0.2) is 36.5 Å². The first-order valence-electron chi connectivity index (χ1n) is 8.73. The molecule has 0 aliphatic rings. The van der Waals surface area contributed by atoms with Crippen molar-refractivity contribution in [3.8, 4) is 17.2 Å². The van der Waals surface area contributed by atoms with Crippen LogP contribution in [0.25, 0.3) is 5.69 Å². The van der Waals surface area contributed by atoms with Gasteiger partial charge in [-0.1, -0.05) is 24.3 Å². The van der Waals surface area contributed by atoms with Crippen LogP contribution in [0.1, 0.15) is 21.7 Å². The lowest BCUT2D eigenvalue weighted by Crippen LogP contribution is -2.26. The van der Waals surface area contributed by atoms with Crippen LogP contribution in [-0.2, 0) is 6.42 Å². The molecule has 140 valence electrons. The van der Waals surface area contributed by atoms with E-state index >= 15 is 0 Å². The number of benzene rings is 2. The maximum Gasteiger partial charge on any atom is 0.271 e. The Labute approximate surface area is 158 Å². The topological polar surface area (TPSA) is 65.4 Å². The third-order valence-electron chi connectivity index (χ3n) is 4.27. The number of rotatable bonds is 7. The number of carbonyl (C=O) groups excluding carboxylic acids is 1. The highest BCUT2D eigenvalue weighted by Crippen LogP contribution is 2.27. The van der Waals surface area contributed by atoms with E-state index in [0.717, 1.165) is 16.9 Å². The summed E-state index contributed by atoms with van der Waals surface area (Å²) >= 11 is 0. The van der Waals surface area contributed by atoms with Gasteiger partial charge in [0.1, 0.15) is 0 Å². The van der Waals surface area contributed by atoms with E-state index in [2.05, 4.69) is 10.4 Å². The summed E-state index contributed by atoms with van der Waals surface area (Å²) in [6, 6.07) is 17.3. The van der Waals surface area contributed by atoms with Gasteiger partial charge in [0.05, 0.1) is 19.9 Å². The molecule has 0 bridgehead atoms. The standard InChI is InChI=1S/C21H23N3O3/c1-15-13-18(23-24(15)17-7-5-4-6-8-17)21(25)22-12-11-16-9-10-19(26-2)20(14-16)27-3/h4-10,13-14H,11-12H2,1-3H3,(H,22,25). The van der Waals surface area contributed by atoms with Crippen molar-refractivity contribution in [1.82, 2.24) is 15.1 Å². The van der Waals surface area contributed by atoms with Gasteiger partial charge in [0.15, 0.2) is 17.2 Å². The largest absolute Gasteiger partial charge is 0.493 e. The fourth-order valence-corrected chi connectivity index (χ4v) is 2.86. The molecule has 0 radical (unpaired) electrons. The van der Waals surface area contributed by atoms with E-state index in [0.29, 0.717) is 30.2 Å². The molecule has 0 fully saturated rings. The number of nitrogens with zero attached hydrogens (tertiary/aromatic N) is 2. The molecule has 0 saturated carbocycles. The molecule has 3 aromatic rings. The summed E-state index contributed by atoms with van der Waals surface area (Å²) in [5.41, 5.74) is 3.30. The molecule has 2 aromatic carbocycles. The lowest BCUT2D eigenvalue weighted by molar-refractivity contribution is 0.0948. The number of hydrogen-bond acceptors (Lipinski definition) is 4. The first-order chi connectivity index (χ1) is 13.1. The molecule has 0 unspecified atom stereocenters. The monoisotopic (exact) mass is 365 g/mol. The van der Waals surface area contributed by atoms with E-state index in [1.54, 1.807) is 25.0 Å². The van der Waals surface area contributed by atoms with Crippen molar-refractivity contribution in [2.24, 2.45) is 0 Å². The highest BCUT2D eigenvalue weighted by Gasteiger charge is 2.13. The zero-order valence-electron chi connectivity index (χ0n) is 15.7. The van der Waals surface area contributed by atoms with Crippen molar-refractivity contribution in [2.45, 2.75) is 13.3 Å². The summed E-state index contributed by atoms with van der Waals surface area (Å²) in [6.07, 6.45) is 0.685. The molecule has 1 aromatic heterocycles. The third kappa shape index (κ3) is 4.28. The van der Waals surface area contributed by atoms with Crippen LogP contribution in [0, 0.1) is 6.92 Å². The molecule has 0 spiro atoms. The van der Waals surface area contributed by atoms with Crippen molar-refractivity contribution in [1.29, 1.82) is 0 Å². The van der Waals surface area contributed by atoms with Gasteiger partial charge in [-0.25, -0.2) is 4.68 Å². The zero-order chi connectivity index (χ0) is 19.2. The van der Waals surface area contributed by atoms with Crippen molar-refractivity contribution < 1.29 is 14.3 Å². The average Bonchev–Trinajstić information content (AvgIpc) is 3.10. The molecule has 0 saturated heterocycles. The van der Waals surface area contributed by atoms with Gasteiger partial charge < -0.3 is 14.8 Å². The zero-order valence-corrected chi connectivity index (χ0v) is 15.7. The molecule has 0 aliphatic heterocycles. The number of carbonyl (C=O) groups is 1. The number of amides is 1. The minimum Gasteiger partial charge on any atom is -0.493 e. The summed E-state index contributed by atoms with van der Waals surface area (Å²) in [6.45, 7) is 2.44. The number of methoxy groups -OCH3 is 2. The summed E-state index contributed by atoms with van der Waals surface area (Å²) in [5.74, 6) is 1.18. The minimum absolute atomic E-state index is 0.187. The summed E-state index contributed by atoms with van der Waals surface area (Å²) in [7, 11) is 3.21. The molecule has 6 heteroatoms. The highest BCUT2D eigenvalue weighted by atomic mass is 16.5. The van der Waals surface area contributed by atoms with Gasteiger partial charge in [0.25, 0.3) is 5.91 Å². The molecular formula is C21H23N3O3. The summed E-state index contributed by atoms with van der Waals surface area (Å²) in [5, 5.41) is 7.34. The molecule has 1 heterocycles. The van der Waals surface area contributed by atoms with Gasteiger partial charge in [-0.15, -0.1) is 0 Å². The van der Waals surface area contributed by atoms with E-state index < -0.39 is 0 Å². The highest BCUT2D eigenvalue weighted by molar-refractivity contribution is 5.92. The number of aromatic nitrogens is 2. The summed E-state index contributed by atoms with van der Waals surface area (Å²) in [4.78, 5) is 12.4. The van der Waals surface area contributed by atoms with Crippen LogP contribution in [0.2, 0.25) is 0 Å². The lowest BCUT2D eigenvalue weighted by atomic mass is 10.1. The first-order valence-corrected chi connectivity index (χ1v) is 8.73. The molecule has 27 heavy (non-hydrogen) atoms. The van der Waals surface area contributed by atoms with E-state index in [1.165, 1.54) is 0 Å². The lowest BCUT2D eigenvalue weighted by Gasteiger charge is -2.09. The van der Waals surface area contributed by atoms with Crippen molar-refractivity contribution >= 4 is 5.91 Å². The Hall–Kier alpha value is -3.28. The second-order valence-electron chi connectivity index (χ2n) is 6.11. The predicted molar refractivity (Wildman–Crippen MR) is 104 cm³/mol. The van der Waals surface area contributed by atoms with Crippen LogP contribution in [0.15, 0.2) is 54.6 Å². The number of aryl methyl sites for hydroxylation is 1. The number of ether oxygens (including phenoxy) is 2. The van der Waals surface area contributed by atoms with Gasteiger partial charge in [0.2, 0.25) is 0 Å². The Morgan fingerprint density at radius 2 is 1.78 bits per heavy atom. The Kier molecular flexibility index (Phi) is 5.76.